The van der Waals surface area contributed by atoms with Crippen LogP contribution in [0.5, 0.6) is 0 Å². The SMILES string of the molecule is Cc1ccc2c(c1Br)C(O)(CC(=O)c1ccc(F)cc1)C(=O)N2. The van der Waals surface area contributed by atoms with Gasteiger partial charge in [-0.25, -0.2) is 4.39 Å². The standard InChI is InChI=1S/C17H13BrFNO3/c1-9-2-7-12-14(15(9)18)17(23,16(22)20-12)8-13(21)10-3-5-11(19)6-4-10/h2-7,23H,8H2,1H3,(H,20,22). The molecule has 0 aliphatic carbocycles. The lowest BCUT2D eigenvalue weighted by Crippen LogP contribution is -2.36. The Labute approximate surface area is 140 Å². The molecule has 0 radical (unpaired) electrons. The smallest absolute Gasteiger partial charge is 0.261 e. The lowest BCUT2D eigenvalue weighted by atomic mass is 9.87. The van der Waals surface area contributed by atoms with Crippen molar-refractivity contribution in [3.8, 4) is 0 Å². The predicted molar refractivity (Wildman–Crippen MR) is 86.8 cm³/mol. The van der Waals surface area contributed by atoms with Crippen molar-refractivity contribution in [2.24, 2.45) is 0 Å². The van der Waals surface area contributed by atoms with Gasteiger partial charge in [0.1, 0.15) is 5.82 Å². The molecule has 0 bridgehead atoms. The van der Waals surface area contributed by atoms with Gasteiger partial charge in [0.2, 0.25) is 0 Å². The van der Waals surface area contributed by atoms with Crippen LogP contribution >= 0.6 is 15.9 Å². The van der Waals surface area contributed by atoms with Crippen molar-refractivity contribution >= 4 is 33.3 Å². The molecular weight excluding hydrogens is 365 g/mol. The van der Waals surface area contributed by atoms with Gasteiger partial charge < -0.3 is 10.4 Å². The molecule has 1 unspecified atom stereocenters. The van der Waals surface area contributed by atoms with Crippen LogP contribution in [0, 0.1) is 12.7 Å². The number of carbonyl (C=O) groups is 2. The van der Waals surface area contributed by atoms with Crippen molar-refractivity contribution in [3.05, 3.63) is 63.4 Å². The number of anilines is 1. The Bertz CT molecular complexity index is 819. The Morgan fingerprint density at radius 3 is 2.57 bits per heavy atom. The van der Waals surface area contributed by atoms with Crippen LogP contribution in [0.25, 0.3) is 0 Å². The first-order chi connectivity index (χ1) is 10.8. The number of rotatable bonds is 3. The summed E-state index contributed by atoms with van der Waals surface area (Å²) < 4.78 is 13.5. The molecule has 0 saturated carbocycles. The summed E-state index contributed by atoms with van der Waals surface area (Å²) >= 11 is 3.38. The number of halogens is 2. The fourth-order valence-electron chi connectivity index (χ4n) is 2.67. The molecule has 1 heterocycles. The monoisotopic (exact) mass is 377 g/mol. The molecule has 1 aliphatic rings. The number of aryl methyl sites for hydroxylation is 1. The number of Topliss-reactive ketones (excluding diaryl/α,β-unsaturated/α-hetero) is 1. The molecule has 1 amide bonds. The molecule has 3 rings (SSSR count). The average Bonchev–Trinajstić information content (AvgIpc) is 2.75. The zero-order valence-electron chi connectivity index (χ0n) is 12.2. The van der Waals surface area contributed by atoms with Gasteiger partial charge in [-0.05, 0) is 42.8 Å². The molecule has 0 aromatic heterocycles. The number of hydrogen-bond donors (Lipinski definition) is 2. The van der Waals surface area contributed by atoms with E-state index in [1.54, 1.807) is 12.1 Å². The zero-order chi connectivity index (χ0) is 16.8. The van der Waals surface area contributed by atoms with Gasteiger partial charge in [0.15, 0.2) is 11.4 Å². The van der Waals surface area contributed by atoms with E-state index in [-0.39, 0.29) is 5.56 Å². The predicted octanol–water partition coefficient (Wildman–Crippen LogP) is 3.31. The first-order valence-electron chi connectivity index (χ1n) is 6.95. The number of fused-ring (bicyclic) bond motifs is 1. The quantitative estimate of drug-likeness (QED) is 0.806. The molecule has 1 atom stereocenters. The Hall–Kier alpha value is -2.05. The van der Waals surface area contributed by atoms with Crippen molar-refractivity contribution in [2.75, 3.05) is 5.32 Å². The molecule has 1 aliphatic heterocycles. The number of amides is 1. The van der Waals surface area contributed by atoms with Crippen molar-refractivity contribution in [1.29, 1.82) is 0 Å². The number of benzene rings is 2. The molecule has 2 aromatic carbocycles. The van der Waals surface area contributed by atoms with Crippen LogP contribution in [-0.2, 0) is 10.4 Å². The van der Waals surface area contributed by atoms with Gasteiger partial charge in [-0.15, -0.1) is 0 Å². The molecule has 2 N–H and O–H groups in total. The summed E-state index contributed by atoms with van der Waals surface area (Å²) in [7, 11) is 0. The number of carbonyl (C=O) groups excluding carboxylic acids is 2. The second-order valence-corrected chi connectivity index (χ2v) is 6.33. The van der Waals surface area contributed by atoms with E-state index in [0.717, 1.165) is 5.56 Å². The van der Waals surface area contributed by atoms with Crippen molar-refractivity contribution in [2.45, 2.75) is 18.9 Å². The average molecular weight is 378 g/mol. The van der Waals surface area contributed by atoms with E-state index in [9.17, 15) is 19.1 Å². The topological polar surface area (TPSA) is 66.4 Å². The summed E-state index contributed by atoms with van der Waals surface area (Å²) in [5.41, 5.74) is -0.0383. The van der Waals surface area contributed by atoms with E-state index in [4.69, 9.17) is 0 Å². The third-order valence-electron chi connectivity index (χ3n) is 3.96. The normalized spacial score (nSPS) is 19.4. The Morgan fingerprint density at radius 2 is 1.91 bits per heavy atom. The van der Waals surface area contributed by atoms with E-state index in [0.29, 0.717) is 15.7 Å². The minimum Gasteiger partial charge on any atom is -0.375 e. The molecule has 23 heavy (non-hydrogen) atoms. The van der Waals surface area contributed by atoms with E-state index in [2.05, 4.69) is 21.2 Å². The van der Waals surface area contributed by atoms with Gasteiger partial charge in [-0.2, -0.15) is 0 Å². The highest BCUT2D eigenvalue weighted by atomic mass is 79.9. The number of nitrogens with one attached hydrogen (secondary N) is 1. The first-order valence-corrected chi connectivity index (χ1v) is 7.74. The van der Waals surface area contributed by atoms with Crippen molar-refractivity contribution in [1.82, 2.24) is 0 Å². The number of hydrogen-bond acceptors (Lipinski definition) is 3. The van der Waals surface area contributed by atoms with Gasteiger partial charge in [0, 0.05) is 21.3 Å². The second kappa shape index (κ2) is 5.54. The number of aliphatic hydroxyl groups is 1. The van der Waals surface area contributed by atoms with Gasteiger partial charge in [0.25, 0.3) is 5.91 Å². The minimum atomic E-state index is -1.95. The Kier molecular flexibility index (Phi) is 3.82. The molecular formula is C17H13BrFNO3. The summed E-state index contributed by atoms with van der Waals surface area (Å²) in [6.45, 7) is 1.83. The number of ketones is 1. The van der Waals surface area contributed by atoms with Crippen LogP contribution in [0.1, 0.15) is 27.9 Å². The molecule has 4 nitrogen and oxygen atoms in total. The third-order valence-corrected chi connectivity index (χ3v) is 4.98. The van der Waals surface area contributed by atoms with Crippen LogP contribution in [0.3, 0.4) is 0 Å². The lowest BCUT2D eigenvalue weighted by molar-refractivity contribution is -0.133. The van der Waals surface area contributed by atoms with Gasteiger partial charge >= 0.3 is 0 Å². The largest absolute Gasteiger partial charge is 0.375 e. The van der Waals surface area contributed by atoms with Crippen LogP contribution in [0.2, 0.25) is 0 Å². The molecule has 0 spiro atoms. The maximum absolute atomic E-state index is 13.0. The lowest BCUT2D eigenvalue weighted by Gasteiger charge is -2.21. The summed E-state index contributed by atoms with van der Waals surface area (Å²) in [4.78, 5) is 24.6. The van der Waals surface area contributed by atoms with Gasteiger partial charge in [0.05, 0.1) is 6.42 Å². The van der Waals surface area contributed by atoms with Gasteiger partial charge in [-0.1, -0.05) is 22.0 Å². The van der Waals surface area contributed by atoms with E-state index < -0.39 is 29.5 Å². The second-order valence-electron chi connectivity index (χ2n) is 5.54. The highest BCUT2D eigenvalue weighted by molar-refractivity contribution is 9.10. The molecule has 118 valence electrons. The van der Waals surface area contributed by atoms with E-state index in [1.807, 2.05) is 6.92 Å². The van der Waals surface area contributed by atoms with Crippen LogP contribution in [0.4, 0.5) is 10.1 Å². The zero-order valence-corrected chi connectivity index (χ0v) is 13.8. The highest BCUT2D eigenvalue weighted by Gasteiger charge is 2.48. The molecule has 6 heteroatoms. The molecule has 2 aromatic rings. The minimum absolute atomic E-state index is 0.241. The summed E-state index contributed by atoms with van der Waals surface area (Å²) in [6.07, 6.45) is -0.417. The first kappa shape index (κ1) is 15.8. The van der Waals surface area contributed by atoms with Crippen molar-refractivity contribution in [3.63, 3.8) is 0 Å². The van der Waals surface area contributed by atoms with E-state index >= 15 is 0 Å². The summed E-state index contributed by atoms with van der Waals surface area (Å²) in [5, 5.41) is 13.5. The Morgan fingerprint density at radius 1 is 1.26 bits per heavy atom. The van der Waals surface area contributed by atoms with Crippen LogP contribution in [-0.4, -0.2) is 16.8 Å². The van der Waals surface area contributed by atoms with Crippen molar-refractivity contribution < 1.29 is 19.1 Å². The fraction of sp³-hybridized carbons (Fsp3) is 0.176. The van der Waals surface area contributed by atoms with Gasteiger partial charge in [-0.3, -0.25) is 9.59 Å². The van der Waals surface area contributed by atoms with Crippen LogP contribution in [0.15, 0.2) is 40.9 Å². The highest BCUT2D eigenvalue weighted by Crippen LogP contribution is 2.44. The maximum atomic E-state index is 13.0. The van der Waals surface area contributed by atoms with E-state index in [1.165, 1.54) is 24.3 Å². The molecule has 0 fully saturated rings. The fourth-order valence-corrected chi connectivity index (χ4v) is 3.34. The third kappa shape index (κ3) is 2.58. The maximum Gasteiger partial charge on any atom is 0.261 e. The van der Waals surface area contributed by atoms with Crippen LogP contribution < -0.4 is 5.32 Å². The Balaban J connectivity index is 2.00. The summed E-state index contributed by atoms with van der Waals surface area (Å²) in [5.74, 6) is -1.54. The molecule has 0 saturated heterocycles. The summed E-state index contributed by atoms with van der Waals surface area (Å²) in [6, 6.07) is 8.49.